The second-order valence-electron chi connectivity index (χ2n) is 9.45. The number of carbonyl (C=O) groups is 1. The van der Waals surface area contributed by atoms with Crippen LogP contribution < -0.4 is 29.6 Å². The molecule has 2 heterocycles. The van der Waals surface area contributed by atoms with E-state index >= 15 is 0 Å². The zero-order valence-electron chi connectivity index (χ0n) is 22.9. The van der Waals surface area contributed by atoms with Gasteiger partial charge in [-0.15, -0.1) is 0 Å². The van der Waals surface area contributed by atoms with Crippen molar-refractivity contribution in [2.45, 2.75) is 43.9 Å². The number of ether oxygens (including phenoxy) is 5. The van der Waals surface area contributed by atoms with Crippen LogP contribution in [-0.2, 0) is 28.0 Å². The Morgan fingerprint density at radius 2 is 1.54 bits per heavy atom. The van der Waals surface area contributed by atoms with Crippen LogP contribution in [0.2, 0.25) is 0 Å². The van der Waals surface area contributed by atoms with Crippen LogP contribution in [-0.4, -0.2) is 72.6 Å². The molecule has 0 aliphatic carbocycles. The van der Waals surface area contributed by atoms with E-state index in [1.807, 2.05) is 33.2 Å². The predicted octanol–water partition coefficient (Wildman–Crippen LogP) is 2.79. The van der Waals surface area contributed by atoms with Crippen molar-refractivity contribution in [2.24, 2.45) is 0 Å². The summed E-state index contributed by atoms with van der Waals surface area (Å²) in [5.41, 5.74) is 3.84. The lowest BCUT2D eigenvalue weighted by molar-refractivity contribution is -0.147. The molecule has 37 heavy (non-hydrogen) atoms. The maximum absolute atomic E-state index is 12.3. The van der Waals surface area contributed by atoms with Gasteiger partial charge in [0.15, 0.2) is 23.0 Å². The van der Waals surface area contributed by atoms with Gasteiger partial charge in [-0.25, -0.2) is 0 Å². The first-order valence-electron chi connectivity index (χ1n) is 12.7. The fourth-order valence-corrected chi connectivity index (χ4v) is 5.80. The molecule has 3 atom stereocenters. The average molecular weight is 514 g/mol. The standard InChI is InChI=1S/C28H39N3O6/c1-8-27(32)37-16-22-20-12-25(35-6)24(34-5)11-18(20)14-28(30-3)21-13-26(36-7)23(33-4)10-17(21)9-19(29-2)15-31(22)28/h10-13,19,22,29-30H,8-9,14-16H2,1-7H3. The van der Waals surface area contributed by atoms with Gasteiger partial charge in [-0.2, -0.15) is 0 Å². The number of nitrogens with zero attached hydrogens (tertiary/aromatic N) is 1. The van der Waals surface area contributed by atoms with Crippen molar-refractivity contribution < 1.29 is 28.5 Å². The number of carbonyl (C=O) groups excluding carboxylic acids is 1. The highest BCUT2D eigenvalue weighted by atomic mass is 16.5. The Hall–Kier alpha value is -3.01. The Balaban J connectivity index is 1.98. The molecule has 0 radical (unpaired) electrons. The molecule has 3 unspecified atom stereocenters. The minimum atomic E-state index is -0.601. The van der Waals surface area contributed by atoms with E-state index < -0.39 is 5.66 Å². The molecule has 2 aromatic rings. The highest BCUT2D eigenvalue weighted by Crippen LogP contribution is 2.50. The van der Waals surface area contributed by atoms with Gasteiger partial charge in [-0.05, 0) is 67.0 Å². The molecule has 0 spiro atoms. The zero-order valence-corrected chi connectivity index (χ0v) is 22.9. The van der Waals surface area contributed by atoms with Crippen molar-refractivity contribution in [3.05, 3.63) is 46.5 Å². The normalized spacial score (nSPS) is 22.7. The van der Waals surface area contributed by atoms with Crippen molar-refractivity contribution in [1.82, 2.24) is 15.5 Å². The van der Waals surface area contributed by atoms with Crippen LogP contribution >= 0.6 is 0 Å². The largest absolute Gasteiger partial charge is 0.493 e. The first kappa shape index (κ1) is 27.0. The summed E-state index contributed by atoms with van der Waals surface area (Å²) >= 11 is 0. The number of fused-ring (bicyclic) bond motifs is 4. The zero-order chi connectivity index (χ0) is 26.7. The number of esters is 1. The number of benzene rings is 2. The summed E-state index contributed by atoms with van der Waals surface area (Å²) in [5, 5.41) is 7.17. The highest BCUT2D eigenvalue weighted by molar-refractivity contribution is 5.69. The topological polar surface area (TPSA) is 90.5 Å². The van der Waals surface area contributed by atoms with Gasteiger partial charge in [0.1, 0.15) is 12.3 Å². The number of nitrogens with one attached hydrogen (secondary N) is 2. The molecule has 4 rings (SSSR count). The van der Waals surface area contributed by atoms with E-state index in [1.54, 1.807) is 28.4 Å². The van der Waals surface area contributed by atoms with Crippen LogP contribution in [0.4, 0.5) is 0 Å². The number of likely N-dealkylation sites (N-methyl/N-ethyl adjacent to an activating group) is 2. The van der Waals surface area contributed by atoms with Gasteiger partial charge >= 0.3 is 5.97 Å². The van der Waals surface area contributed by atoms with E-state index in [4.69, 9.17) is 23.7 Å². The lowest BCUT2D eigenvalue weighted by Gasteiger charge is -2.52. The molecule has 2 aromatic carbocycles. The third kappa shape index (κ3) is 4.71. The van der Waals surface area contributed by atoms with E-state index in [9.17, 15) is 4.79 Å². The first-order valence-corrected chi connectivity index (χ1v) is 12.7. The van der Waals surface area contributed by atoms with E-state index in [1.165, 1.54) is 5.56 Å². The number of rotatable bonds is 9. The molecule has 2 aliphatic heterocycles. The van der Waals surface area contributed by atoms with Crippen LogP contribution in [0.25, 0.3) is 0 Å². The van der Waals surface area contributed by atoms with Crippen molar-refractivity contribution in [1.29, 1.82) is 0 Å². The van der Waals surface area contributed by atoms with Gasteiger partial charge in [-0.3, -0.25) is 15.0 Å². The smallest absolute Gasteiger partial charge is 0.305 e. The molecular weight excluding hydrogens is 474 g/mol. The molecule has 2 aliphatic rings. The molecular formula is C28H39N3O6. The number of hydrogen-bond donors (Lipinski definition) is 2. The molecule has 202 valence electrons. The Morgan fingerprint density at radius 1 is 0.946 bits per heavy atom. The van der Waals surface area contributed by atoms with Crippen LogP contribution in [0.15, 0.2) is 24.3 Å². The van der Waals surface area contributed by atoms with E-state index in [0.29, 0.717) is 35.8 Å². The fourth-order valence-electron chi connectivity index (χ4n) is 5.80. The number of hydrogen-bond acceptors (Lipinski definition) is 9. The Labute approximate surface area is 219 Å². The van der Waals surface area contributed by atoms with Crippen LogP contribution in [0.1, 0.15) is 41.6 Å². The minimum Gasteiger partial charge on any atom is -0.493 e. The molecule has 2 N–H and O–H groups in total. The van der Waals surface area contributed by atoms with Gasteiger partial charge in [0.25, 0.3) is 0 Å². The summed E-state index contributed by atoms with van der Waals surface area (Å²) in [4.78, 5) is 14.7. The third-order valence-corrected chi connectivity index (χ3v) is 7.77. The van der Waals surface area contributed by atoms with Crippen LogP contribution in [0.3, 0.4) is 0 Å². The van der Waals surface area contributed by atoms with Crippen molar-refractivity contribution in [3.63, 3.8) is 0 Å². The minimum absolute atomic E-state index is 0.151. The van der Waals surface area contributed by atoms with E-state index in [2.05, 4.69) is 27.7 Å². The van der Waals surface area contributed by atoms with Crippen LogP contribution in [0, 0.1) is 0 Å². The maximum Gasteiger partial charge on any atom is 0.305 e. The summed E-state index contributed by atoms with van der Waals surface area (Å²) < 4.78 is 28.5. The van der Waals surface area contributed by atoms with Gasteiger partial charge in [0.2, 0.25) is 0 Å². The van der Waals surface area contributed by atoms with Gasteiger partial charge < -0.3 is 29.0 Å². The summed E-state index contributed by atoms with van der Waals surface area (Å²) in [6.45, 7) is 2.75. The Bertz CT molecular complexity index is 1140. The summed E-state index contributed by atoms with van der Waals surface area (Å²) in [6.07, 6.45) is 1.79. The lowest BCUT2D eigenvalue weighted by Crippen LogP contribution is -2.62. The van der Waals surface area contributed by atoms with Gasteiger partial charge in [-0.1, -0.05) is 6.92 Å². The molecule has 0 saturated carbocycles. The highest BCUT2D eigenvalue weighted by Gasteiger charge is 2.50. The summed E-state index contributed by atoms with van der Waals surface area (Å²) in [6, 6.07) is 8.15. The molecule has 0 fully saturated rings. The molecule has 0 aromatic heterocycles. The first-order chi connectivity index (χ1) is 17.9. The molecule has 0 bridgehead atoms. The summed E-state index contributed by atoms with van der Waals surface area (Å²) in [7, 11) is 10.6. The lowest BCUT2D eigenvalue weighted by atomic mass is 9.79. The van der Waals surface area contributed by atoms with Crippen molar-refractivity contribution in [2.75, 3.05) is 55.7 Å². The Kier molecular flexibility index (Phi) is 8.16. The van der Waals surface area contributed by atoms with Gasteiger partial charge in [0.05, 0.1) is 34.5 Å². The molecule has 9 nitrogen and oxygen atoms in total. The third-order valence-electron chi connectivity index (χ3n) is 7.77. The van der Waals surface area contributed by atoms with Crippen molar-refractivity contribution in [3.8, 4) is 23.0 Å². The second-order valence-corrected chi connectivity index (χ2v) is 9.45. The van der Waals surface area contributed by atoms with E-state index in [0.717, 1.165) is 29.7 Å². The predicted molar refractivity (Wildman–Crippen MR) is 141 cm³/mol. The maximum atomic E-state index is 12.3. The molecule has 0 saturated heterocycles. The van der Waals surface area contributed by atoms with Crippen molar-refractivity contribution >= 4 is 5.97 Å². The monoisotopic (exact) mass is 513 g/mol. The fraction of sp³-hybridized carbons (Fsp3) is 0.536. The number of methoxy groups -OCH3 is 4. The Morgan fingerprint density at radius 3 is 2.11 bits per heavy atom. The quantitative estimate of drug-likeness (QED) is 0.491. The van der Waals surface area contributed by atoms with E-state index in [-0.39, 0.29) is 24.7 Å². The second kappa shape index (κ2) is 11.2. The summed E-state index contributed by atoms with van der Waals surface area (Å²) in [5.74, 6) is 2.46. The average Bonchev–Trinajstić information content (AvgIpc) is 3.07. The molecule has 0 amide bonds. The van der Waals surface area contributed by atoms with Gasteiger partial charge in [0, 0.05) is 25.4 Å². The SMILES string of the molecule is CCC(=O)OCC1c2cc(OC)c(OC)cc2CC2(NC)c3cc(OC)c(OC)cc3CC(NC)CN12. The molecule has 9 heteroatoms. The van der Waals surface area contributed by atoms with Crippen LogP contribution in [0.5, 0.6) is 23.0 Å².